The van der Waals surface area contributed by atoms with Crippen LogP contribution in [0.3, 0.4) is 0 Å². The minimum atomic E-state index is 0.813. The zero-order valence-corrected chi connectivity index (χ0v) is 5.70. The largest absolute Gasteiger partial charge is 0.760 e. The van der Waals surface area contributed by atoms with E-state index in [9.17, 15) is 0 Å². The fraction of sp³-hybridized carbons (Fsp3) is 0.500. The van der Waals surface area contributed by atoms with Gasteiger partial charge in [0.15, 0.2) is 0 Å². The topological polar surface area (TPSA) is 18.5 Å². The van der Waals surface area contributed by atoms with E-state index in [1.54, 1.807) is 5.01 Å². The Morgan fingerprint density at radius 1 is 1.62 bits per heavy atom. The van der Waals surface area contributed by atoms with Crippen LogP contribution >= 0.6 is 0 Å². The number of rotatable bonds is 0. The molecule has 0 aromatic heterocycles. The van der Waals surface area contributed by atoms with Crippen LogP contribution in [0.2, 0.25) is 0 Å². The Morgan fingerprint density at radius 3 is 2.38 bits per heavy atom. The summed E-state index contributed by atoms with van der Waals surface area (Å²) in [5.74, 6) is 0. The van der Waals surface area contributed by atoms with Crippen LogP contribution in [0.25, 0.3) is 0 Å². The number of hydrogen-bond acceptors (Lipinski definition) is 4. The summed E-state index contributed by atoms with van der Waals surface area (Å²) in [4.78, 5) is 0. The van der Waals surface area contributed by atoms with Crippen molar-refractivity contribution >= 4 is 12.6 Å². The molecular formula is C4H8N3S-. The molecule has 4 heteroatoms. The van der Waals surface area contributed by atoms with Gasteiger partial charge in [-0.2, -0.15) is 0 Å². The van der Waals surface area contributed by atoms with Gasteiger partial charge >= 0.3 is 0 Å². The van der Waals surface area contributed by atoms with Crippen molar-refractivity contribution < 1.29 is 0 Å². The first-order chi connectivity index (χ1) is 3.70. The first kappa shape index (κ1) is 5.65. The van der Waals surface area contributed by atoms with E-state index in [-0.39, 0.29) is 0 Å². The summed E-state index contributed by atoms with van der Waals surface area (Å²) in [7, 11) is 3.78. The van der Waals surface area contributed by atoms with E-state index in [0.717, 1.165) is 5.03 Å². The Bertz CT molecular complexity index is 122. The van der Waals surface area contributed by atoms with Crippen LogP contribution in [-0.2, 0) is 12.6 Å². The van der Waals surface area contributed by atoms with Crippen LogP contribution < -0.4 is 5.53 Å². The zero-order valence-electron chi connectivity index (χ0n) is 4.88. The Labute approximate surface area is 54.3 Å². The number of nitrogens with zero attached hydrogens (tertiary/aromatic N) is 2. The number of hydrogen-bond donors (Lipinski definition) is 1. The van der Waals surface area contributed by atoms with Gasteiger partial charge in [0.2, 0.25) is 0 Å². The molecular weight excluding hydrogens is 122 g/mol. The molecule has 0 atom stereocenters. The van der Waals surface area contributed by atoms with Crippen molar-refractivity contribution in [3.05, 3.63) is 11.2 Å². The van der Waals surface area contributed by atoms with Crippen molar-refractivity contribution in [2.24, 2.45) is 0 Å². The highest BCUT2D eigenvalue weighted by molar-refractivity contribution is 7.63. The van der Waals surface area contributed by atoms with Gasteiger partial charge < -0.3 is 22.6 Å². The highest BCUT2D eigenvalue weighted by Gasteiger charge is 2.01. The summed E-state index contributed by atoms with van der Waals surface area (Å²) in [5.41, 5.74) is 2.94. The Morgan fingerprint density at radius 2 is 2.25 bits per heavy atom. The predicted molar refractivity (Wildman–Crippen MR) is 34.1 cm³/mol. The number of hydrazine groups is 2. The lowest BCUT2D eigenvalue weighted by Gasteiger charge is -2.20. The van der Waals surface area contributed by atoms with E-state index in [1.807, 2.05) is 25.3 Å². The van der Waals surface area contributed by atoms with Gasteiger partial charge in [-0.05, 0) is 0 Å². The van der Waals surface area contributed by atoms with Crippen molar-refractivity contribution in [1.29, 1.82) is 0 Å². The molecule has 8 heavy (non-hydrogen) atoms. The third kappa shape index (κ3) is 0.850. The lowest BCUT2D eigenvalue weighted by atomic mass is 10.8. The second-order valence-electron chi connectivity index (χ2n) is 1.74. The molecule has 0 fully saturated rings. The second-order valence-corrected chi connectivity index (χ2v) is 2.16. The molecule has 0 bridgehead atoms. The van der Waals surface area contributed by atoms with E-state index in [0.29, 0.717) is 0 Å². The molecule has 1 aliphatic heterocycles. The normalized spacial score (nSPS) is 19.5. The molecule has 46 valence electrons. The molecule has 1 rings (SSSR count). The molecule has 0 aliphatic carbocycles. The SMILES string of the molecule is CN1C=C([S-])N(C)N1. The molecule has 3 nitrogen and oxygen atoms in total. The molecule has 1 N–H and O–H groups in total. The van der Waals surface area contributed by atoms with E-state index >= 15 is 0 Å². The highest BCUT2D eigenvalue weighted by atomic mass is 32.1. The van der Waals surface area contributed by atoms with Crippen molar-refractivity contribution in [3.8, 4) is 0 Å². The third-order valence-corrected chi connectivity index (χ3v) is 1.32. The van der Waals surface area contributed by atoms with Gasteiger partial charge in [0.05, 0.1) is 0 Å². The molecule has 0 saturated carbocycles. The summed E-state index contributed by atoms with van der Waals surface area (Å²) in [6.07, 6.45) is 1.84. The average Bonchev–Trinajstić information content (AvgIpc) is 1.85. The Hall–Kier alpha value is -0.480. The van der Waals surface area contributed by atoms with Gasteiger partial charge in [-0.25, -0.2) is 0 Å². The fourth-order valence-electron chi connectivity index (χ4n) is 0.567. The molecule has 0 radical (unpaired) electrons. The van der Waals surface area contributed by atoms with E-state index in [4.69, 9.17) is 12.6 Å². The fourth-order valence-corrected chi connectivity index (χ4v) is 0.766. The van der Waals surface area contributed by atoms with Gasteiger partial charge in [0.25, 0.3) is 0 Å². The maximum absolute atomic E-state index is 4.88. The molecule has 1 heterocycles. The van der Waals surface area contributed by atoms with E-state index in [2.05, 4.69) is 5.53 Å². The monoisotopic (exact) mass is 130 g/mol. The van der Waals surface area contributed by atoms with Gasteiger partial charge in [0.1, 0.15) is 0 Å². The smallest absolute Gasteiger partial charge is 0.0243 e. The molecule has 0 aromatic rings. The van der Waals surface area contributed by atoms with E-state index in [1.165, 1.54) is 0 Å². The van der Waals surface area contributed by atoms with E-state index < -0.39 is 0 Å². The zero-order chi connectivity index (χ0) is 6.15. The van der Waals surface area contributed by atoms with Crippen LogP contribution in [-0.4, -0.2) is 24.1 Å². The molecule has 0 aromatic carbocycles. The standard InChI is InChI=1S/C4H9N3S/c1-6-3-4(8)7(2)5-6/h3,5,8H,1-2H3/p-1. The van der Waals surface area contributed by atoms with Crippen molar-refractivity contribution in [3.63, 3.8) is 0 Å². The van der Waals surface area contributed by atoms with Crippen LogP contribution in [0.15, 0.2) is 11.2 Å². The summed E-state index contributed by atoms with van der Waals surface area (Å²) >= 11 is 4.88. The van der Waals surface area contributed by atoms with Gasteiger partial charge in [-0.15, -0.1) is 5.53 Å². The van der Waals surface area contributed by atoms with Crippen LogP contribution in [0.4, 0.5) is 0 Å². The van der Waals surface area contributed by atoms with Crippen LogP contribution in [0, 0.1) is 0 Å². The van der Waals surface area contributed by atoms with Crippen molar-refractivity contribution in [2.45, 2.75) is 0 Å². The molecule has 0 unspecified atom stereocenters. The third-order valence-electron chi connectivity index (χ3n) is 0.942. The summed E-state index contributed by atoms with van der Waals surface area (Å²) in [6, 6.07) is 0. The minimum Gasteiger partial charge on any atom is -0.760 e. The average molecular weight is 130 g/mol. The van der Waals surface area contributed by atoms with Gasteiger partial charge in [0, 0.05) is 20.3 Å². The Kier molecular flexibility index (Phi) is 1.27. The first-order valence-electron chi connectivity index (χ1n) is 2.32. The summed E-state index contributed by atoms with van der Waals surface area (Å²) < 4.78 is 0. The summed E-state index contributed by atoms with van der Waals surface area (Å²) in [6.45, 7) is 0. The number of nitrogens with one attached hydrogen (secondary N) is 1. The minimum absolute atomic E-state index is 0.813. The lowest BCUT2D eigenvalue weighted by molar-refractivity contribution is 0.190. The lowest BCUT2D eigenvalue weighted by Crippen LogP contribution is -2.35. The highest BCUT2D eigenvalue weighted by Crippen LogP contribution is 2.02. The van der Waals surface area contributed by atoms with Crippen molar-refractivity contribution in [1.82, 2.24) is 15.6 Å². The molecule has 0 amide bonds. The molecule has 0 saturated heterocycles. The predicted octanol–water partition coefficient (Wildman–Crippen LogP) is -0.371. The van der Waals surface area contributed by atoms with Gasteiger partial charge in [-0.3, -0.25) is 0 Å². The molecule has 0 spiro atoms. The summed E-state index contributed by atoms with van der Waals surface area (Å²) in [5, 5.41) is 4.39. The second kappa shape index (κ2) is 1.80. The first-order valence-corrected chi connectivity index (χ1v) is 2.72. The maximum atomic E-state index is 4.88. The van der Waals surface area contributed by atoms with Crippen molar-refractivity contribution in [2.75, 3.05) is 14.1 Å². The quantitative estimate of drug-likeness (QED) is 0.451. The van der Waals surface area contributed by atoms with Crippen LogP contribution in [0.5, 0.6) is 0 Å². The van der Waals surface area contributed by atoms with Gasteiger partial charge in [-0.1, -0.05) is 5.03 Å². The molecule has 1 aliphatic rings. The Balaban J connectivity index is 2.59. The maximum Gasteiger partial charge on any atom is 0.0243 e. The van der Waals surface area contributed by atoms with Crippen LogP contribution in [0.1, 0.15) is 0 Å².